The first-order valence-corrected chi connectivity index (χ1v) is 9.98. The Balaban J connectivity index is 3.35. The second-order valence-electron chi connectivity index (χ2n) is 7.88. The molecule has 0 amide bonds. The van der Waals surface area contributed by atoms with Crippen LogP contribution < -0.4 is 0 Å². The van der Waals surface area contributed by atoms with E-state index in [-0.39, 0.29) is 24.2 Å². The Morgan fingerprint density at radius 1 is 1.16 bits per heavy atom. The summed E-state index contributed by atoms with van der Waals surface area (Å²) in [6.45, 7) is 13.0. The number of carbonyl (C=O) groups is 3. The number of aliphatic hydroxyl groups excluding tert-OH is 3. The Morgan fingerprint density at radius 2 is 1.78 bits per heavy atom. The third kappa shape index (κ3) is 6.15. The standard InChI is InChI=1S/C23H32O9/c1-7-23(5)10-17(32-22(29)16(12-25)8-9-31-15(4)26)18(14(3)21(28)30-6)20(27)19(23)13(2)11-24/h7-8,17-20,24-25,27H,1-3,9-12H2,4-6H3/b16-8-/t17-,18-,19+,20+,23+/m0/s1. The van der Waals surface area contributed by atoms with Gasteiger partial charge in [-0.3, -0.25) is 4.79 Å². The van der Waals surface area contributed by atoms with E-state index in [9.17, 15) is 29.7 Å². The van der Waals surface area contributed by atoms with E-state index in [0.717, 1.165) is 7.11 Å². The summed E-state index contributed by atoms with van der Waals surface area (Å²) in [4.78, 5) is 35.8. The molecular weight excluding hydrogens is 420 g/mol. The van der Waals surface area contributed by atoms with Gasteiger partial charge in [-0.1, -0.05) is 26.2 Å². The highest BCUT2D eigenvalue weighted by Crippen LogP contribution is 2.50. The SMILES string of the molecule is C=C[C@]1(C)C[C@H](OC(=O)/C(=C\COC(C)=O)CO)[C@H](C(=C)C(=O)OC)[C@@H](O)[C@H]1C(=C)CO. The van der Waals surface area contributed by atoms with Gasteiger partial charge in [0.15, 0.2) is 0 Å². The molecular formula is C23H32O9. The Morgan fingerprint density at radius 3 is 2.25 bits per heavy atom. The van der Waals surface area contributed by atoms with Gasteiger partial charge >= 0.3 is 17.9 Å². The summed E-state index contributed by atoms with van der Waals surface area (Å²) in [5.74, 6) is -4.04. The monoisotopic (exact) mass is 452 g/mol. The number of carbonyl (C=O) groups excluding carboxylic acids is 3. The van der Waals surface area contributed by atoms with Crippen molar-refractivity contribution in [2.75, 3.05) is 26.9 Å². The van der Waals surface area contributed by atoms with Crippen molar-refractivity contribution in [1.29, 1.82) is 0 Å². The van der Waals surface area contributed by atoms with Gasteiger partial charge in [-0.05, 0) is 23.5 Å². The maximum atomic E-state index is 12.7. The van der Waals surface area contributed by atoms with Gasteiger partial charge in [0.1, 0.15) is 12.7 Å². The van der Waals surface area contributed by atoms with Crippen molar-refractivity contribution >= 4 is 17.9 Å². The van der Waals surface area contributed by atoms with Crippen LogP contribution in [0.3, 0.4) is 0 Å². The molecule has 0 unspecified atom stereocenters. The van der Waals surface area contributed by atoms with Gasteiger partial charge in [0, 0.05) is 18.4 Å². The molecule has 9 heteroatoms. The number of methoxy groups -OCH3 is 1. The Bertz CT molecular complexity index is 797. The molecule has 0 saturated heterocycles. The highest BCUT2D eigenvalue weighted by atomic mass is 16.6. The average molecular weight is 453 g/mol. The zero-order valence-electron chi connectivity index (χ0n) is 18.7. The zero-order chi connectivity index (χ0) is 24.6. The molecule has 3 N–H and O–H groups in total. The number of hydrogen-bond donors (Lipinski definition) is 3. The second-order valence-corrected chi connectivity index (χ2v) is 7.88. The zero-order valence-corrected chi connectivity index (χ0v) is 18.7. The molecule has 0 aromatic rings. The maximum absolute atomic E-state index is 12.7. The van der Waals surface area contributed by atoms with Crippen LogP contribution in [0.4, 0.5) is 0 Å². The fourth-order valence-electron chi connectivity index (χ4n) is 4.02. The molecule has 1 fully saturated rings. The number of hydrogen-bond acceptors (Lipinski definition) is 9. The van der Waals surface area contributed by atoms with Crippen molar-refractivity contribution < 1.29 is 43.9 Å². The van der Waals surface area contributed by atoms with Crippen molar-refractivity contribution in [3.05, 3.63) is 48.6 Å². The third-order valence-corrected chi connectivity index (χ3v) is 5.73. The average Bonchev–Trinajstić information content (AvgIpc) is 2.75. The minimum Gasteiger partial charge on any atom is -0.466 e. The number of aliphatic hydroxyl groups is 3. The highest BCUT2D eigenvalue weighted by Gasteiger charge is 2.53. The van der Waals surface area contributed by atoms with Gasteiger partial charge in [-0.25, -0.2) is 9.59 Å². The molecule has 1 rings (SSSR count). The van der Waals surface area contributed by atoms with Crippen LogP contribution in [0.2, 0.25) is 0 Å². The number of ether oxygens (including phenoxy) is 3. The van der Waals surface area contributed by atoms with E-state index in [1.54, 1.807) is 13.0 Å². The van der Waals surface area contributed by atoms with E-state index in [0.29, 0.717) is 5.57 Å². The van der Waals surface area contributed by atoms with E-state index in [1.807, 2.05) is 0 Å². The lowest BCUT2D eigenvalue weighted by atomic mass is 9.58. The number of esters is 3. The van der Waals surface area contributed by atoms with Crippen molar-refractivity contribution in [1.82, 2.24) is 0 Å². The van der Waals surface area contributed by atoms with Crippen molar-refractivity contribution in [3.8, 4) is 0 Å². The van der Waals surface area contributed by atoms with Crippen molar-refractivity contribution in [2.45, 2.75) is 32.5 Å². The van der Waals surface area contributed by atoms with E-state index in [1.165, 1.54) is 13.0 Å². The van der Waals surface area contributed by atoms with Crippen LogP contribution in [0.5, 0.6) is 0 Å². The highest BCUT2D eigenvalue weighted by molar-refractivity contribution is 5.90. The molecule has 9 nitrogen and oxygen atoms in total. The predicted octanol–water partition coefficient (Wildman–Crippen LogP) is 0.847. The minimum absolute atomic E-state index is 0.117. The van der Waals surface area contributed by atoms with Gasteiger partial charge in [0.25, 0.3) is 0 Å². The number of allylic oxidation sites excluding steroid dienone is 1. The Labute approximate surface area is 187 Å². The summed E-state index contributed by atoms with van der Waals surface area (Å²) < 4.78 is 15.1. The lowest BCUT2D eigenvalue weighted by Gasteiger charge is -2.50. The molecule has 178 valence electrons. The Kier molecular flexibility index (Phi) is 10.0. The molecule has 0 aromatic carbocycles. The van der Waals surface area contributed by atoms with E-state index >= 15 is 0 Å². The number of rotatable bonds is 10. The van der Waals surface area contributed by atoms with Crippen LogP contribution in [0.25, 0.3) is 0 Å². The molecule has 0 radical (unpaired) electrons. The normalized spacial score (nSPS) is 27.8. The molecule has 0 spiro atoms. The van der Waals surface area contributed by atoms with Crippen LogP contribution in [-0.4, -0.2) is 72.4 Å². The maximum Gasteiger partial charge on any atom is 0.336 e. The van der Waals surface area contributed by atoms with Gasteiger partial charge < -0.3 is 29.5 Å². The molecule has 0 aliphatic heterocycles. The first-order chi connectivity index (χ1) is 15.0. The fraction of sp³-hybridized carbons (Fsp3) is 0.522. The molecule has 5 atom stereocenters. The van der Waals surface area contributed by atoms with Crippen molar-refractivity contribution in [2.24, 2.45) is 17.3 Å². The molecule has 0 aromatic heterocycles. The largest absolute Gasteiger partial charge is 0.466 e. The molecule has 32 heavy (non-hydrogen) atoms. The topological polar surface area (TPSA) is 140 Å². The minimum atomic E-state index is -1.31. The van der Waals surface area contributed by atoms with Crippen molar-refractivity contribution in [3.63, 3.8) is 0 Å². The van der Waals surface area contributed by atoms with E-state index in [4.69, 9.17) is 14.2 Å². The van der Waals surface area contributed by atoms with Crippen LogP contribution in [0.1, 0.15) is 20.3 Å². The van der Waals surface area contributed by atoms with Crippen LogP contribution in [-0.2, 0) is 28.6 Å². The van der Waals surface area contributed by atoms with E-state index in [2.05, 4.69) is 19.7 Å². The summed E-state index contributed by atoms with van der Waals surface area (Å²) in [5.41, 5.74) is -0.804. The van der Waals surface area contributed by atoms with Crippen LogP contribution in [0.15, 0.2) is 48.6 Å². The Hall–Kier alpha value is -2.75. The first-order valence-electron chi connectivity index (χ1n) is 9.98. The van der Waals surface area contributed by atoms with Gasteiger partial charge in [0.2, 0.25) is 0 Å². The summed E-state index contributed by atoms with van der Waals surface area (Å²) in [7, 11) is 1.16. The smallest absolute Gasteiger partial charge is 0.336 e. The third-order valence-electron chi connectivity index (χ3n) is 5.73. The lowest BCUT2D eigenvalue weighted by Crippen LogP contribution is -2.54. The quantitative estimate of drug-likeness (QED) is 0.190. The first kappa shape index (κ1) is 27.3. The molecule has 1 saturated carbocycles. The molecule has 1 aliphatic rings. The summed E-state index contributed by atoms with van der Waals surface area (Å²) in [6, 6.07) is 0. The van der Waals surface area contributed by atoms with Gasteiger partial charge in [-0.2, -0.15) is 0 Å². The fourth-order valence-corrected chi connectivity index (χ4v) is 4.02. The second kappa shape index (κ2) is 11.8. The predicted molar refractivity (Wildman–Crippen MR) is 115 cm³/mol. The molecule has 1 aliphatic carbocycles. The molecule has 0 bridgehead atoms. The summed E-state index contributed by atoms with van der Waals surface area (Å²) in [6.07, 6.45) is 0.545. The van der Waals surface area contributed by atoms with Gasteiger partial charge in [-0.15, -0.1) is 6.58 Å². The molecule has 0 heterocycles. The van der Waals surface area contributed by atoms with Crippen LogP contribution >= 0.6 is 0 Å². The summed E-state index contributed by atoms with van der Waals surface area (Å²) in [5, 5.41) is 30.4. The van der Waals surface area contributed by atoms with E-state index < -0.39 is 60.6 Å². The lowest BCUT2D eigenvalue weighted by molar-refractivity contribution is -0.161. The van der Waals surface area contributed by atoms with Gasteiger partial charge in [0.05, 0.1) is 37.9 Å². The summed E-state index contributed by atoms with van der Waals surface area (Å²) >= 11 is 0. The van der Waals surface area contributed by atoms with Crippen LogP contribution in [0, 0.1) is 17.3 Å².